The molecule has 200 valence electrons. The lowest BCUT2D eigenvalue weighted by Crippen LogP contribution is -2.50. The molecule has 2 fully saturated rings. The zero-order chi connectivity index (χ0) is 26.4. The summed E-state index contributed by atoms with van der Waals surface area (Å²) >= 11 is -2.73. The first-order valence-electron chi connectivity index (χ1n) is 11.3. The van der Waals surface area contributed by atoms with Gasteiger partial charge in [0.15, 0.2) is 0 Å². The largest absolute Gasteiger partial charge is 0.508 e. The summed E-state index contributed by atoms with van der Waals surface area (Å²) < 4.78 is 51.9. The maximum atomic E-state index is 12.5. The molecule has 1 N–H and O–H groups in total. The van der Waals surface area contributed by atoms with Crippen LogP contribution in [0.4, 0.5) is 4.79 Å². The minimum absolute atomic E-state index is 0.148. The van der Waals surface area contributed by atoms with Crippen LogP contribution in [0.25, 0.3) is 0 Å². The lowest BCUT2D eigenvalue weighted by atomic mass is 9.76. The van der Waals surface area contributed by atoms with Gasteiger partial charge in [0.25, 0.3) is 0 Å². The van der Waals surface area contributed by atoms with E-state index in [-0.39, 0.29) is 32.7 Å². The van der Waals surface area contributed by atoms with E-state index in [9.17, 15) is 27.9 Å². The number of fused-ring (bicyclic) bond motifs is 2. The van der Waals surface area contributed by atoms with E-state index in [2.05, 4.69) is 0 Å². The molecule has 0 aromatic heterocycles. The summed E-state index contributed by atoms with van der Waals surface area (Å²) in [6, 6.07) is 0. The number of carbonyl (C=O) groups excluding carboxylic acids is 4. The molecule has 0 radical (unpaired) electrons. The van der Waals surface area contributed by atoms with Gasteiger partial charge in [0, 0.05) is 17.8 Å². The number of rotatable bonds is 12. The van der Waals surface area contributed by atoms with Gasteiger partial charge in [-0.3, -0.25) is 23.1 Å². The number of hydrogen-bond donors (Lipinski definition) is 1. The summed E-state index contributed by atoms with van der Waals surface area (Å²) in [5.41, 5.74) is -2.61. The summed E-state index contributed by atoms with van der Waals surface area (Å²) in [4.78, 5) is 48.2. The fourth-order valence-electron chi connectivity index (χ4n) is 4.73. The van der Waals surface area contributed by atoms with Crippen molar-refractivity contribution in [3.8, 4) is 0 Å². The predicted molar refractivity (Wildman–Crippen MR) is 119 cm³/mol. The van der Waals surface area contributed by atoms with Crippen molar-refractivity contribution in [2.75, 3.05) is 26.9 Å². The smallest absolute Gasteiger partial charge is 0.469 e. The highest BCUT2D eigenvalue weighted by Gasteiger charge is 2.69. The third-order valence-corrected chi connectivity index (χ3v) is 7.35. The van der Waals surface area contributed by atoms with E-state index in [4.69, 9.17) is 27.9 Å². The molecule has 2 aliphatic rings. The zero-order valence-corrected chi connectivity index (χ0v) is 21.5. The molecular formula is C22H34O12S. The highest BCUT2D eigenvalue weighted by molar-refractivity contribution is 7.74. The van der Waals surface area contributed by atoms with Crippen molar-refractivity contribution in [2.45, 2.75) is 72.0 Å². The Kier molecular flexibility index (Phi) is 9.65. The highest BCUT2D eigenvalue weighted by atomic mass is 32.2. The summed E-state index contributed by atoms with van der Waals surface area (Å²) in [5, 5.41) is 0. The van der Waals surface area contributed by atoms with Crippen LogP contribution in [0.5, 0.6) is 0 Å². The third-order valence-electron chi connectivity index (χ3n) is 6.98. The maximum Gasteiger partial charge on any atom is 0.508 e. The average molecular weight is 523 g/mol. The van der Waals surface area contributed by atoms with Crippen molar-refractivity contribution < 1.29 is 55.8 Å². The van der Waals surface area contributed by atoms with Crippen LogP contribution in [0.2, 0.25) is 0 Å². The fraction of sp³-hybridized carbons (Fsp3) is 0.818. The maximum absolute atomic E-state index is 12.5. The SMILES string of the molecule is CCC(C)(C)C(=O)OCCOC(=O)OC1C(OS(=O)O)C2(COC(C)=O)CCC1(CC(=O)OC)C2. The van der Waals surface area contributed by atoms with Gasteiger partial charge >= 0.3 is 35.4 Å². The van der Waals surface area contributed by atoms with Crippen molar-refractivity contribution in [1.82, 2.24) is 0 Å². The molecule has 5 unspecified atom stereocenters. The van der Waals surface area contributed by atoms with Gasteiger partial charge in [-0.1, -0.05) is 6.92 Å². The van der Waals surface area contributed by atoms with E-state index >= 15 is 0 Å². The summed E-state index contributed by atoms with van der Waals surface area (Å²) in [6.07, 6.45) is -1.99. The summed E-state index contributed by atoms with van der Waals surface area (Å²) in [7, 11) is 1.22. The number of carbonyl (C=O) groups is 4. The number of esters is 3. The molecule has 2 bridgehead atoms. The molecule has 2 aliphatic carbocycles. The highest BCUT2D eigenvalue weighted by Crippen LogP contribution is 2.65. The number of hydrogen-bond acceptors (Lipinski definition) is 11. The Morgan fingerprint density at radius 1 is 1.03 bits per heavy atom. The third kappa shape index (κ3) is 6.91. The van der Waals surface area contributed by atoms with Crippen molar-refractivity contribution in [2.24, 2.45) is 16.2 Å². The van der Waals surface area contributed by atoms with Gasteiger partial charge in [0.1, 0.15) is 25.4 Å². The van der Waals surface area contributed by atoms with Crippen LogP contribution in [-0.2, 0) is 53.6 Å². The Balaban J connectivity index is 2.15. The van der Waals surface area contributed by atoms with Crippen LogP contribution >= 0.6 is 0 Å². The number of ether oxygens (including phenoxy) is 5. The molecule has 0 spiro atoms. The zero-order valence-electron chi connectivity index (χ0n) is 20.7. The molecule has 35 heavy (non-hydrogen) atoms. The van der Waals surface area contributed by atoms with Crippen LogP contribution in [0.1, 0.15) is 59.8 Å². The molecule has 0 aromatic carbocycles. The Hall–Kier alpha value is -2.25. The van der Waals surface area contributed by atoms with Crippen molar-refractivity contribution in [3.05, 3.63) is 0 Å². The van der Waals surface area contributed by atoms with Crippen molar-refractivity contribution in [3.63, 3.8) is 0 Å². The van der Waals surface area contributed by atoms with Gasteiger partial charge in [-0.15, -0.1) is 0 Å². The van der Waals surface area contributed by atoms with Gasteiger partial charge in [-0.2, -0.15) is 4.21 Å². The normalized spacial score (nSPS) is 28.2. The van der Waals surface area contributed by atoms with Crippen LogP contribution in [0.15, 0.2) is 0 Å². The molecule has 2 saturated carbocycles. The molecule has 0 amide bonds. The van der Waals surface area contributed by atoms with E-state index in [1.165, 1.54) is 14.0 Å². The standard InChI is InChI=1S/C22H34O12S/c1-6-20(3,4)18(25)30-9-10-31-19(26)33-16-17(34-35(27)28)22(13-32-14(2)23)8-7-21(16,12-22)11-15(24)29-5/h16-17H,6-13H2,1-5H3,(H,27,28). The van der Waals surface area contributed by atoms with Gasteiger partial charge in [0.05, 0.1) is 25.6 Å². The van der Waals surface area contributed by atoms with Gasteiger partial charge < -0.3 is 23.7 Å². The molecule has 0 saturated heterocycles. The summed E-state index contributed by atoms with van der Waals surface area (Å²) in [6.45, 7) is 5.92. The predicted octanol–water partition coefficient (Wildman–Crippen LogP) is 2.31. The molecule has 0 aliphatic heterocycles. The Labute approximate surface area is 206 Å². The quantitative estimate of drug-likeness (QED) is 0.173. The van der Waals surface area contributed by atoms with Crippen LogP contribution in [0, 0.1) is 16.2 Å². The topological polar surface area (TPSA) is 161 Å². The first-order chi connectivity index (χ1) is 16.3. The minimum Gasteiger partial charge on any atom is -0.469 e. The van der Waals surface area contributed by atoms with Gasteiger partial charge in [-0.05, 0) is 39.5 Å². The van der Waals surface area contributed by atoms with E-state index in [0.717, 1.165) is 0 Å². The average Bonchev–Trinajstić information content (AvgIpc) is 3.27. The van der Waals surface area contributed by atoms with Crippen LogP contribution in [-0.4, -0.2) is 72.0 Å². The fourth-order valence-corrected chi connectivity index (χ4v) is 5.21. The molecule has 0 aromatic rings. The second-order valence-electron chi connectivity index (χ2n) is 9.68. The first-order valence-corrected chi connectivity index (χ1v) is 12.3. The molecule has 2 rings (SSSR count). The second-order valence-corrected chi connectivity index (χ2v) is 10.3. The molecule has 5 atom stereocenters. The second kappa shape index (κ2) is 11.7. The Morgan fingerprint density at radius 2 is 1.66 bits per heavy atom. The van der Waals surface area contributed by atoms with Crippen LogP contribution < -0.4 is 0 Å². The monoisotopic (exact) mass is 522 g/mol. The molecule has 0 heterocycles. The van der Waals surface area contributed by atoms with E-state index in [1.807, 2.05) is 6.92 Å². The van der Waals surface area contributed by atoms with E-state index in [1.54, 1.807) is 13.8 Å². The Morgan fingerprint density at radius 3 is 2.23 bits per heavy atom. The van der Waals surface area contributed by atoms with Gasteiger partial charge in [0.2, 0.25) is 0 Å². The van der Waals surface area contributed by atoms with E-state index in [0.29, 0.717) is 19.3 Å². The van der Waals surface area contributed by atoms with Gasteiger partial charge in [-0.25, -0.2) is 4.79 Å². The molecule has 13 heteroatoms. The molecular weight excluding hydrogens is 488 g/mol. The Bertz CT molecular complexity index is 842. The van der Waals surface area contributed by atoms with E-state index < -0.39 is 63.9 Å². The van der Waals surface area contributed by atoms with Crippen LogP contribution in [0.3, 0.4) is 0 Å². The minimum atomic E-state index is -2.73. The summed E-state index contributed by atoms with van der Waals surface area (Å²) in [5.74, 6) is -1.56. The molecule has 12 nitrogen and oxygen atoms in total. The lowest BCUT2D eigenvalue weighted by Gasteiger charge is -2.39. The lowest BCUT2D eigenvalue weighted by molar-refractivity contribution is -0.155. The van der Waals surface area contributed by atoms with Crippen molar-refractivity contribution in [1.29, 1.82) is 0 Å². The van der Waals surface area contributed by atoms with Crippen molar-refractivity contribution >= 4 is 35.4 Å². The first kappa shape index (κ1) is 29.0. The number of methoxy groups -OCH3 is 1.